The molecule has 0 radical (unpaired) electrons. The fourth-order valence-electron chi connectivity index (χ4n) is 1.38. The molecular formula is C13H15IN4O2. The summed E-state index contributed by atoms with van der Waals surface area (Å²) in [6.45, 7) is 2.57. The molecule has 1 aromatic heterocycles. The molecule has 6 nitrogen and oxygen atoms in total. The Morgan fingerprint density at radius 1 is 1.15 bits per heavy atom. The first-order valence-corrected chi connectivity index (χ1v) is 7.29. The highest BCUT2D eigenvalue weighted by molar-refractivity contribution is 14.1. The van der Waals surface area contributed by atoms with Crippen LogP contribution < -0.4 is 14.8 Å². The Morgan fingerprint density at radius 2 is 1.90 bits per heavy atom. The largest absolute Gasteiger partial charge is 0.463 e. The Bertz CT molecular complexity index is 580. The molecule has 0 aliphatic rings. The summed E-state index contributed by atoms with van der Waals surface area (Å²) < 4.78 is 12.1. The number of hydrogen-bond acceptors (Lipinski definition) is 6. The lowest BCUT2D eigenvalue weighted by Gasteiger charge is -2.09. The number of hydrogen-bond donors (Lipinski definition) is 1. The van der Waals surface area contributed by atoms with Crippen LogP contribution in [0.1, 0.15) is 13.3 Å². The Hall–Kier alpha value is -1.64. The van der Waals surface area contributed by atoms with Gasteiger partial charge in [-0.2, -0.15) is 9.97 Å². The summed E-state index contributed by atoms with van der Waals surface area (Å²) in [5.41, 5.74) is 0. The molecule has 1 aromatic carbocycles. The minimum Gasteiger partial charge on any atom is -0.463 e. The van der Waals surface area contributed by atoms with Gasteiger partial charge in [-0.3, -0.25) is 0 Å². The van der Waals surface area contributed by atoms with Gasteiger partial charge in [0.1, 0.15) is 5.75 Å². The van der Waals surface area contributed by atoms with Crippen LogP contribution in [-0.2, 0) is 0 Å². The molecule has 0 aliphatic heterocycles. The normalized spacial score (nSPS) is 10.2. The number of aromatic nitrogens is 3. The molecule has 0 spiro atoms. The van der Waals surface area contributed by atoms with E-state index < -0.39 is 0 Å². The number of benzene rings is 1. The number of rotatable bonds is 6. The van der Waals surface area contributed by atoms with Crippen molar-refractivity contribution in [3.05, 3.63) is 27.8 Å². The maximum Gasteiger partial charge on any atom is 0.330 e. The van der Waals surface area contributed by atoms with Gasteiger partial charge in [0, 0.05) is 7.05 Å². The van der Waals surface area contributed by atoms with E-state index in [4.69, 9.17) is 9.47 Å². The summed E-state index contributed by atoms with van der Waals surface area (Å²) in [6.07, 6.45) is 0.882. The summed E-state index contributed by atoms with van der Waals surface area (Å²) in [4.78, 5) is 12.4. The van der Waals surface area contributed by atoms with Crippen LogP contribution in [0.4, 0.5) is 5.95 Å². The van der Waals surface area contributed by atoms with E-state index in [0.717, 1.165) is 9.99 Å². The van der Waals surface area contributed by atoms with Crippen molar-refractivity contribution in [1.29, 1.82) is 0 Å². The summed E-state index contributed by atoms with van der Waals surface area (Å²) >= 11 is 2.19. The maximum atomic E-state index is 5.68. The number of anilines is 1. The molecule has 0 fully saturated rings. The first kappa shape index (κ1) is 14.8. The van der Waals surface area contributed by atoms with Gasteiger partial charge in [0.2, 0.25) is 5.95 Å². The van der Waals surface area contributed by atoms with Gasteiger partial charge >= 0.3 is 12.0 Å². The molecule has 2 rings (SSSR count). The Kier molecular flexibility index (Phi) is 5.33. The molecule has 0 aliphatic carbocycles. The topological polar surface area (TPSA) is 69.2 Å². The number of halogens is 1. The summed E-state index contributed by atoms with van der Waals surface area (Å²) in [6, 6.07) is 8.11. The van der Waals surface area contributed by atoms with E-state index in [1.54, 1.807) is 7.05 Å². The second kappa shape index (κ2) is 7.22. The van der Waals surface area contributed by atoms with E-state index in [1.807, 2.05) is 31.2 Å². The standard InChI is InChI=1S/C13H15IN4O2/c1-3-8-19-12-16-11(15-2)17-13(18-12)20-10-7-5-4-6-9(10)14/h4-7H,3,8H2,1-2H3,(H,15,16,17,18). The van der Waals surface area contributed by atoms with Crippen LogP contribution in [0.5, 0.6) is 17.8 Å². The van der Waals surface area contributed by atoms with Crippen LogP contribution in [0, 0.1) is 3.57 Å². The van der Waals surface area contributed by atoms with Crippen molar-refractivity contribution in [2.45, 2.75) is 13.3 Å². The smallest absolute Gasteiger partial charge is 0.330 e. The van der Waals surface area contributed by atoms with Crippen LogP contribution in [-0.4, -0.2) is 28.6 Å². The molecule has 106 valence electrons. The third-order valence-corrected chi connectivity index (χ3v) is 3.18. The SMILES string of the molecule is CCCOc1nc(NC)nc(Oc2ccccc2I)n1. The fraction of sp³-hybridized carbons (Fsp3) is 0.308. The summed E-state index contributed by atoms with van der Waals surface area (Å²) in [7, 11) is 1.73. The Balaban J connectivity index is 2.24. The average molecular weight is 386 g/mol. The molecule has 0 unspecified atom stereocenters. The van der Waals surface area contributed by atoms with Crippen molar-refractivity contribution >= 4 is 28.5 Å². The number of nitrogens with zero attached hydrogens (tertiary/aromatic N) is 3. The lowest BCUT2D eigenvalue weighted by Crippen LogP contribution is -2.06. The first-order chi connectivity index (χ1) is 9.72. The number of nitrogens with one attached hydrogen (secondary N) is 1. The van der Waals surface area contributed by atoms with Crippen LogP contribution >= 0.6 is 22.6 Å². The molecule has 0 saturated carbocycles. The molecule has 0 amide bonds. The second-order valence-electron chi connectivity index (χ2n) is 3.86. The van der Waals surface area contributed by atoms with Gasteiger partial charge in [-0.1, -0.05) is 19.1 Å². The number of ether oxygens (including phenoxy) is 2. The average Bonchev–Trinajstić information content (AvgIpc) is 2.47. The Morgan fingerprint density at radius 3 is 2.60 bits per heavy atom. The highest BCUT2D eigenvalue weighted by atomic mass is 127. The zero-order valence-corrected chi connectivity index (χ0v) is 13.4. The van der Waals surface area contributed by atoms with E-state index in [9.17, 15) is 0 Å². The number of para-hydroxylation sites is 1. The first-order valence-electron chi connectivity index (χ1n) is 6.22. The van der Waals surface area contributed by atoms with Gasteiger partial charge < -0.3 is 14.8 Å². The van der Waals surface area contributed by atoms with E-state index in [2.05, 4.69) is 42.9 Å². The molecule has 1 N–H and O–H groups in total. The predicted octanol–water partition coefficient (Wildman–Crippen LogP) is 3.10. The molecule has 0 atom stereocenters. The minimum atomic E-state index is 0.208. The third kappa shape index (κ3) is 3.92. The van der Waals surface area contributed by atoms with Crippen molar-refractivity contribution < 1.29 is 9.47 Å². The van der Waals surface area contributed by atoms with Crippen molar-refractivity contribution in [3.8, 4) is 17.8 Å². The van der Waals surface area contributed by atoms with E-state index in [0.29, 0.717) is 18.3 Å². The molecule has 0 bridgehead atoms. The minimum absolute atomic E-state index is 0.208. The highest BCUT2D eigenvalue weighted by Crippen LogP contribution is 2.25. The van der Waals surface area contributed by atoms with Crippen LogP contribution in [0.15, 0.2) is 24.3 Å². The van der Waals surface area contributed by atoms with E-state index in [1.165, 1.54) is 0 Å². The maximum absolute atomic E-state index is 5.68. The zero-order chi connectivity index (χ0) is 14.4. The van der Waals surface area contributed by atoms with E-state index >= 15 is 0 Å². The molecule has 1 heterocycles. The highest BCUT2D eigenvalue weighted by Gasteiger charge is 2.10. The molecule has 0 saturated heterocycles. The van der Waals surface area contributed by atoms with Crippen LogP contribution in [0.25, 0.3) is 0 Å². The van der Waals surface area contributed by atoms with Crippen molar-refractivity contribution in [2.24, 2.45) is 0 Å². The Labute approximate surface area is 131 Å². The summed E-state index contributed by atoms with van der Waals surface area (Å²) in [5.74, 6) is 1.11. The van der Waals surface area contributed by atoms with Gasteiger partial charge in [0.15, 0.2) is 0 Å². The molecule has 20 heavy (non-hydrogen) atoms. The van der Waals surface area contributed by atoms with Gasteiger partial charge in [-0.05, 0) is 41.1 Å². The molecule has 2 aromatic rings. The van der Waals surface area contributed by atoms with Gasteiger partial charge in [-0.25, -0.2) is 0 Å². The summed E-state index contributed by atoms with van der Waals surface area (Å²) in [5, 5.41) is 2.86. The van der Waals surface area contributed by atoms with Crippen LogP contribution in [0.3, 0.4) is 0 Å². The second-order valence-corrected chi connectivity index (χ2v) is 5.02. The zero-order valence-electron chi connectivity index (χ0n) is 11.3. The van der Waals surface area contributed by atoms with Crippen molar-refractivity contribution in [1.82, 2.24) is 15.0 Å². The third-order valence-electron chi connectivity index (χ3n) is 2.29. The lowest BCUT2D eigenvalue weighted by atomic mass is 10.3. The van der Waals surface area contributed by atoms with E-state index in [-0.39, 0.29) is 12.0 Å². The predicted molar refractivity (Wildman–Crippen MR) is 84.4 cm³/mol. The van der Waals surface area contributed by atoms with Crippen LogP contribution in [0.2, 0.25) is 0 Å². The van der Waals surface area contributed by atoms with Crippen molar-refractivity contribution in [3.63, 3.8) is 0 Å². The van der Waals surface area contributed by atoms with Gasteiger partial charge in [-0.15, -0.1) is 4.98 Å². The van der Waals surface area contributed by atoms with Gasteiger partial charge in [0.05, 0.1) is 10.2 Å². The fourth-order valence-corrected chi connectivity index (χ4v) is 1.88. The quantitative estimate of drug-likeness (QED) is 0.770. The van der Waals surface area contributed by atoms with Crippen molar-refractivity contribution in [2.75, 3.05) is 19.0 Å². The molecular weight excluding hydrogens is 371 g/mol. The van der Waals surface area contributed by atoms with Gasteiger partial charge in [0.25, 0.3) is 0 Å². The monoisotopic (exact) mass is 386 g/mol. The molecule has 7 heteroatoms. The lowest BCUT2D eigenvalue weighted by molar-refractivity contribution is 0.285.